The molecule has 0 radical (unpaired) electrons. The molecule has 1 aromatic rings. The molecule has 4 heterocycles. The van der Waals surface area contributed by atoms with Gasteiger partial charge in [-0.25, -0.2) is 0 Å². The van der Waals surface area contributed by atoms with Crippen molar-refractivity contribution in [1.29, 1.82) is 0 Å². The van der Waals surface area contributed by atoms with Crippen molar-refractivity contribution < 1.29 is 14.1 Å². The average Bonchev–Trinajstić information content (AvgIpc) is 2.99. The van der Waals surface area contributed by atoms with Gasteiger partial charge in [0.15, 0.2) is 5.76 Å². The summed E-state index contributed by atoms with van der Waals surface area (Å²) in [6.07, 6.45) is 6.14. The van der Waals surface area contributed by atoms with Crippen molar-refractivity contribution in [3.8, 4) is 0 Å². The van der Waals surface area contributed by atoms with E-state index in [-0.39, 0.29) is 5.91 Å². The highest BCUT2D eigenvalue weighted by atomic mass is 16.3. The van der Waals surface area contributed by atoms with Gasteiger partial charge in [0, 0.05) is 18.8 Å². The number of nitrogens with one attached hydrogen (secondary N) is 2. The highest BCUT2D eigenvalue weighted by Gasteiger charge is 2.42. The van der Waals surface area contributed by atoms with Crippen LogP contribution in [0.25, 0.3) is 0 Å². The number of amides is 1. The second-order valence-electron chi connectivity index (χ2n) is 5.68. The number of fused-ring (bicyclic) bond motifs is 3. The van der Waals surface area contributed by atoms with Crippen LogP contribution < -0.4 is 10.2 Å². The molecule has 19 heavy (non-hydrogen) atoms. The van der Waals surface area contributed by atoms with E-state index >= 15 is 0 Å². The van der Waals surface area contributed by atoms with Gasteiger partial charge in [0.05, 0.1) is 25.9 Å². The number of carbonyl (C=O) groups is 1. The van der Waals surface area contributed by atoms with Crippen LogP contribution in [0, 0.1) is 11.8 Å². The lowest BCUT2D eigenvalue weighted by Crippen LogP contribution is -3.20. The Morgan fingerprint density at radius 3 is 3.16 bits per heavy atom. The third-order valence-electron chi connectivity index (χ3n) is 4.66. The van der Waals surface area contributed by atoms with Crippen LogP contribution >= 0.6 is 0 Å². The fourth-order valence-corrected chi connectivity index (χ4v) is 3.57. The first-order chi connectivity index (χ1) is 9.28. The molecular weight excluding hydrogens is 240 g/mol. The fourth-order valence-electron chi connectivity index (χ4n) is 3.57. The van der Waals surface area contributed by atoms with Gasteiger partial charge in [-0.15, -0.1) is 6.58 Å². The first kappa shape index (κ1) is 12.5. The van der Waals surface area contributed by atoms with Crippen LogP contribution in [0.2, 0.25) is 0 Å². The molecule has 0 spiro atoms. The van der Waals surface area contributed by atoms with E-state index in [1.54, 1.807) is 17.0 Å². The van der Waals surface area contributed by atoms with Crippen molar-refractivity contribution in [1.82, 2.24) is 5.32 Å². The molecule has 1 aromatic heterocycles. The van der Waals surface area contributed by atoms with E-state index in [9.17, 15) is 4.79 Å². The molecule has 2 bridgehead atoms. The van der Waals surface area contributed by atoms with Gasteiger partial charge in [-0.2, -0.15) is 0 Å². The van der Waals surface area contributed by atoms with E-state index < -0.39 is 0 Å². The SMILES string of the molecule is C=C[C@H]1C[NH+]2CC[C@H]1C[C@@H]2CNC(=O)c1ccco1. The molecule has 4 rings (SSSR count). The van der Waals surface area contributed by atoms with E-state index in [1.165, 1.54) is 32.2 Å². The minimum absolute atomic E-state index is 0.104. The summed E-state index contributed by atoms with van der Waals surface area (Å²) in [4.78, 5) is 13.5. The number of quaternary nitrogens is 1. The molecular formula is C15H21N2O2+. The highest BCUT2D eigenvalue weighted by molar-refractivity contribution is 5.91. The predicted octanol–water partition coefficient (Wildman–Crippen LogP) is 0.489. The Morgan fingerprint density at radius 2 is 2.53 bits per heavy atom. The fraction of sp³-hybridized carbons (Fsp3) is 0.533. The summed E-state index contributed by atoms with van der Waals surface area (Å²) in [5.41, 5.74) is 0. The van der Waals surface area contributed by atoms with E-state index in [4.69, 9.17) is 4.42 Å². The minimum atomic E-state index is -0.104. The lowest BCUT2D eigenvalue weighted by atomic mass is 9.75. The average molecular weight is 261 g/mol. The van der Waals surface area contributed by atoms with Crippen molar-refractivity contribution in [3.05, 3.63) is 36.8 Å². The zero-order valence-electron chi connectivity index (χ0n) is 11.1. The number of hydrogen-bond acceptors (Lipinski definition) is 2. The summed E-state index contributed by atoms with van der Waals surface area (Å²) in [7, 11) is 0. The van der Waals surface area contributed by atoms with Crippen LogP contribution in [0.3, 0.4) is 0 Å². The molecule has 1 amide bonds. The number of carbonyl (C=O) groups excluding carboxylic acids is 1. The smallest absolute Gasteiger partial charge is 0.287 e. The van der Waals surface area contributed by atoms with Gasteiger partial charge < -0.3 is 14.6 Å². The van der Waals surface area contributed by atoms with Crippen LogP contribution in [0.4, 0.5) is 0 Å². The van der Waals surface area contributed by atoms with Crippen LogP contribution in [0.1, 0.15) is 23.4 Å². The van der Waals surface area contributed by atoms with Crippen molar-refractivity contribution in [2.45, 2.75) is 18.9 Å². The van der Waals surface area contributed by atoms with Gasteiger partial charge in [0.25, 0.3) is 5.91 Å². The number of hydrogen-bond donors (Lipinski definition) is 2. The molecule has 4 atom stereocenters. The van der Waals surface area contributed by atoms with E-state index in [2.05, 4.69) is 18.0 Å². The number of furan rings is 1. The second-order valence-corrected chi connectivity index (χ2v) is 5.68. The van der Waals surface area contributed by atoms with Gasteiger partial charge in [-0.05, 0) is 18.1 Å². The third kappa shape index (κ3) is 2.45. The van der Waals surface area contributed by atoms with Crippen molar-refractivity contribution in [3.63, 3.8) is 0 Å². The summed E-state index contributed by atoms with van der Waals surface area (Å²) in [6.45, 7) is 7.09. The van der Waals surface area contributed by atoms with E-state index in [1.807, 2.05) is 0 Å². The normalized spacial score (nSPS) is 33.1. The van der Waals surface area contributed by atoms with Crippen molar-refractivity contribution >= 4 is 5.91 Å². The summed E-state index contributed by atoms with van der Waals surface area (Å²) in [5.74, 6) is 1.73. The Kier molecular flexibility index (Phi) is 3.42. The van der Waals surface area contributed by atoms with Gasteiger partial charge in [0.1, 0.15) is 6.04 Å². The third-order valence-corrected chi connectivity index (χ3v) is 4.66. The Hall–Kier alpha value is -1.55. The molecule has 102 valence electrons. The molecule has 3 saturated heterocycles. The lowest BCUT2D eigenvalue weighted by Gasteiger charge is -2.46. The topological polar surface area (TPSA) is 46.7 Å². The van der Waals surface area contributed by atoms with Gasteiger partial charge >= 0.3 is 0 Å². The Balaban J connectivity index is 1.54. The standard InChI is InChI=1S/C15H20N2O2/c1-2-11-10-17-6-5-12(11)8-13(17)9-16-15(18)14-4-3-7-19-14/h2-4,7,11-13H,1,5-6,8-10H2,(H,16,18)/p+1/t11-,12-,13+/m0/s1. The molecule has 3 aliphatic rings. The molecule has 2 N–H and O–H groups in total. The summed E-state index contributed by atoms with van der Waals surface area (Å²) >= 11 is 0. The Bertz CT molecular complexity index is 455. The summed E-state index contributed by atoms with van der Waals surface area (Å²) in [6, 6.07) is 3.98. The molecule has 0 aliphatic carbocycles. The zero-order valence-corrected chi connectivity index (χ0v) is 11.1. The van der Waals surface area contributed by atoms with Gasteiger partial charge in [-0.1, -0.05) is 6.08 Å². The molecule has 3 aliphatic heterocycles. The molecule has 0 saturated carbocycles. The Morgan fingerprint density at radius 1 is 1.63 bits per heavy atom. The Labute approximate surface area is 113 Å². The minimum Gasteiger partial charge on any atom is -0.459 e. The molecule has 4 nitrogen and oxygen atoms in total. The van der Waals surface area contributed by atoms with Crippen LogP contribution in [0.5, 0.6) is 0 Å². The largest absolute Gasteiger partial charge is 0.459 e. The molecule has 3 fully saturated rings. The van der Waals surface area contributed by atoms with Crippen LogP contribution in [0.15, 0.2) is 35.5 Å². The quantitative estimate of drug-likeness (QED) is 0.775. The maximum atomic E-state index is 11.8. The van der Waals surface area contributed by atoms with Crippen LogP contribution in [-0.4, -0.2) is 31.6 Å². The molecule has 1 unspecified atom stereocenters. The monoisotopic (exact) mass is 261 g/mol. The van der Waals surface area contributed by atoms with E-state index in [0.717, 1.165) is 12.5 Å². The van der Waals surface area contributed by atoms with Crippen molar-refractivity contribution in [2.24, 2.45) is 11.8 Å². The van der Waals surface area contributed by atoms with Gasteiger partial charge in [-0.3, -0.25) is 4.79 Å². The highest BCUT2D eigenvalue weighted by Crippen LogP contribution is 2.27. The van der Waals surface area contributed by atoms with E-state index in [0.29, 0.717) is 17.7 Å². The maximum absolute atomic E-state index is 11.8. The summed E-state index contributed by atoms with van der Waals surface area (Å²) in [5, 5.41) is 2.99. The molecule has 0 aromatic carbocycles. The number of piperidine rings is 3. The van der Waals surface area contributed by atoms with Crippen molar-refractivity contribution in [2.75, 3.05) is 19.6 Å². The van der Waals surface area contributed by atoms with Gasteiger partial charge in [0.2, 0.25) is 0 Å². The number of rotatable bonds is 4. The lowest BCUT2D eigenvalue weighted by molar-refractivity contribution is -0.944. The second kappa shape index (κ2) is 5.21. The first-order valence-corrected chi connectivity index (χ1v) is 7.06. The summed E-state index contributed by atoms with van der Waals surface area (Å²) < 4.78 is 5.10. The van der Waals surface area contributed by atoms with Crippen LogP contribution in [-0.2, 0) is 0 Å². The first-order valence-electron chi connectivity index (χ1n) is 7.06. The zero-order chi connectivity index (χ0) is 13.2. The predicted molar refractivity (Wildman–Crippen MR) is 71.9 cm³/mol. The molecule has 4 heteroatoms. The maximum Gasteiger partial charge on any atom is 0.287 e.